The molecule has 0 bridgehead atoms. The molecule has 1 amide bonds. The van der Waals surface area contributed by atoms with Crippen molar-refractivity contribution in [1.29, 1.82) is 0 Å². The molecule has 0 aromatic carbocycles. The maximum atomic E-state index is 12.8. The van der Waals surface area contributed by atoms with Crippen molar-refractivity contribution in [2.75, 3.05) is 59.6 Å². The Labute approximate surface area is 173 Å². The number of ketones is 2. The smallest absolute Gasteiger partial charge is 0.282 e. The highest BCUT2D eigenvalue weighted by atomic mass is 32.2. The molecule has 12 heteroatoms. The molecule has 10 nitrogen and oxygen atoms in total. The minimum Gasteiger partial charge on any atom is -0.380 e. The Kier molecular flexibility index (Phi) is 6.17. The summed E-state index contributed by atoms with van der Waals surface area (Å²) in [6.45, 7) is 2.05. The molecule has 0 spiro atoms. The van der Waals surface area contributed by atoms with Crippen molar-refractivity contribution < 1.29 is 22.8 Å². The summed E-state index contributed by atoms with van der Waals surface area (Å²) in [6.07, 6.45) is 2.38. The molecule has 158 valence electrons. The lowest BCUT2D eigenvalue weighted by atomic mass is 10.0. The summed E-state index contributed by atoms with van der Waals surface area (Å²) in [5.74, 6) is -1.17. The standard InChI is InChI=1S/C17H23N5O5S2/c1-20(2)5-4-18-11-10-12(23)15-13(14(11)24)19-16(28-15)17(25)21-6-8-22(9-7-21)29(3,26)27/h10,18H,4-9H2,1-3H3. The van der Waals surface area contributed by atoms with Crippen LogP contribution in [0.15, 0.2) is 11.8 Å². The number of allylic oxidation sites excluding steroid dienone is 2. The molecule has 0 saturated carbocycles. The highest BCUT2D eigenvalue weighted by Crippen LogP contribution is 2.27. The minimum atomic E-state index is -3.30. The average Bonchev–Trinajstić information content (AvgIpc) is 3.10. The number of likely N-dealkylation sites (N-methyl/N-ethyl adjacent to an activating group) is 1. The number of nitrogens with zero attached hydrogens (tertiary/aromatic N) is 4. The summed E-state index contributed by atoms with van der Waals surface area (Å²) in [5, 5.41) is 3.01. The van der Waals surface area contributed by atoms with Crippen LogP contribution in [0.2, 0.25) is 0 Å². The lowest BCUT2D eigenvalue weighted by Gasteiger charge is -2.32. The monoisotopic (exact) mass is 441 g/mol. The van der Waals surface area contributed by atoms with Gasteiger partial charge in [0.15, 0.2) is 10.8 Å². The zero-order valence-corrected chi connectivity index (χ0v) is 18.1. The van der Waals surface area contributed by atoms with E-state index in [0.717, 1.165) is 17.6 Å². The number of hydrogen-bond donors (Lipinski definition) is 1. The van der Waals surface area contributed by atoms with Gasteiger partial charge < -0.3 is 15.1 Å². The van der Waals surface area contributed by atoms with E-state index in [9.17, 15) is 22.8 Å². The van der Waals surface area contributed by atoms with Crippen molar-refractivity contribution in [2.24, 2.45) is 0 Å². The van der Waals surface area contributed by atoms with Crippen molar-refractivity contribution in [3.05, 3.63) is 27.4 Å². The lowest BCUT2D eigenvalue weighted by Crippen LogP contribution is -2.50. The van der Waals surface area contributed by atoms with Gasteiger partial charge >= 0.3 is 0 Å². The highest BCUT2D eigenvalue weighted by molar-refractivity contribution is 7.88. The second-order valence-corrected chi connectivity index (χ2v) is 10.1. The van der Waals surface area contributed by atoms with Gasteiger partial charge in [-0.25, -0.2) is 13.4 Å². The molecule has 2 aliphatic rings. The fraction of sp³-hybridized carbons (Fsp3) is 0.529. The Morgan fingerprint density at radius 1 is 1.24 bits per heavy atom. The van der Waals surface area contributed by atoms with Crippen molar-refractivity contribution in [1.82, 2.24) is 24.4 Å². The van der Waals surface area contributed by atoms with E-state index in [2.05, 4.69) is 10.3 Å². The Bertz CT molecular complexity index is 974. The van der Waals surface area contributed by atoms with E-state index in [1.807, 2.05) is 19.0 Å². The second kappa shape index (κ2) is 8.30. The lowest BCUT2D eigenvalue weighted by molar-refractivity contribution is 0.0697. The van der Waals surface area contributed by atoms with Crippen LogP contribution in [-0.4, -0.2) is 105 Å². The first kappa shape index (κ1) is 21.6. The van der Waals surface area contributed by atoms with Crippen molar-refractivity contribution in [3.8, 4) is 0 Å². The molecule has 2 heterocycles. The molecule has 1 aromatic heterocycles. The number of carbonyl (C=O) groups is 3. The van der Waals surface area contributed by atoms with Crippen LogP contribution in [-0.2, 0) is 10.0 Å². The summed E-state index contributed by atoms with van der Waals surface area (Å²) in [7, 11) is 0.498. The zero-order chi connectivity index (χ0) is 21.3. The summed E-state index contributed by atoms with van der Waals surface area (Å²) >= 11 is 0.901. The second-order valence-electron chi connectivity index (χ2n) is 7.13. The van der Waals surface area contributed by atoms with Crippen LogP contribution in [0.3, 0.4) is 0 Å². The number of amides is 1. The third kappa shape index (κ3) is 4.71. The molecule has 1 fully saturated rings. The average molecular weight is 442 g/mol. The highest BCUT2D eigenvalue weighted by Gasteiger charge is 2.34. The van der Waals surface area contributed by atoms with Crippen LogP contribution < -0.4 is 5.32 Å². The minimum absolute atomic E-state index is 0.00650. The molecular formula is C17H23N5O5S2. The Morgan fingerprint density at radius 2 is 1.90 bits per heavy atom. The first-order chi connectivity index (χ1) is 13.6. The van der Waals surface area contributed by atoms with Crippen molar-refractivity contribution >= 4 is 38.8 Å². The van der Waals surface area contributed by atoms with Gasteiger partial charge in [0.1, 0.15) is 10.6 Å². The van der Waals surface area contributed by atoms with E-state index >= 15 is 0 Å². The quantitative estimate of drug-likeness (QED) is 0.614. The molecule has 1 N–H and O–H groups in total. The fourth-order valence-corrected chi connectivity index (χ4v) is 4.79. The molecule has 1 aliphatic carbocycles. The van der Waals surface area contributed by atoms with Crippen LogP contribution in [0, 0.1) is 0 Å². The Balaban J connectivity index is 1.71. The predicted molar refractivity (Wildman–Crippen MR) is 108 cm³/mol. The SMILES string of the molecule is CN(C)CCNC1=CC(=O)c2sc(C(=O)N3CCN(S(C)(=O)=O)CC3)nc2C1=O. The number of rotatable bonds is 6. The Morgan fingerprint density at radius 3 is 2.48 bits per heavy atom. The van der Waals surface area contributed by atoms with Gasteiger partial charge in [-0.1, -0.05) is 0 Å². The number of carbonyl (C=O) groups excluding carboxylic acids is 3. The molecule has 1 saturated heterocycles. The first-order valence-corrected chi connectivity index (χ1v) is 11.7. The third-order valence-corrected chi connectivity index (χ3v) is 7.00. The summed E-state index contributed by atoms with van der Waals surface area (Å²) in [4.78, 5) is 45.6. The number of piperazine rings is 1. The van der Waals surface area contributed by atoms with Gasteiger partial charge in [-0.2, -0.15) is 4.31 Å². The number of nitrogens with one attached hydrogen (secondary N) is 1. The van der Waals surface area contributed by atoms with Gasteiger partial charge in [0.2, 0.25) is 15.8 Å². The molecule has 1 aromatic rings. The van der Waals surface area contributed by atoms with Crippen LogP contribution in [0.25, 0.3) is 0 Å². The van der Waals surface area contributed by atoms with E-state index in [1.54, 1.807) is 0 Å². The predicted octanol–water partition coefficient (Wildman–Crippen LogP) is -0.725. The zero-order valence-electron chi connectivity index (χ0n) is 16.5. The molecule has 0 unspecified atom stereocenters. The fourth-order valence-electron chi connectivity index (χ4n) is 3.03. The van der Waals surface area contributed by atoms with E-state index in [4.69, 9.17) is 0 Å². The van der Waals surface area contributed by atoms with Crippen LogP contribution in [0.1, 0.15) is 30.0 Å². The van der Waals surface area contributed by atoms with Gasteiger partial charge in [-0.15, -0.1) is 11.3 Å². The van der Waals surface area contributed by atoms with Gasteiger partial charge in [-0.05, 0) is 14.1 Å². The molecule has 29 heavy (non-hydrogen) atoms. The number of Topliss-reactive ketones (excluding diaryl/α,β-unsaturated/α-hetero) is 1. The maximum absolute atomic E-state index is 12.8. The maximum Gasteiger partial charge on any atom is 0.282 e. The van der Waals surface area contributed by atoms with E-state index < -0.39 is 21.7 Å². The summed E-state index contributed by atoms with van der Waals surface area (Å²) < 4.78 is 24.5. The van der Waals surface area contributed by atoms with Crippen LogP contribution >= 0.6 is 11.3 Å². The van der Waals surface area contributed by atoms with Crippen LogP contribution in [0.4, 0.5) is 0 Å². The topological polar surface area (TPSA) is 120 Å². The number of thiazole rings is 1. The first-order valence-electron chi connectivity index (χ1n) is 9.02. The van der Waals surface area contributed by atoms with E-state index in [0.29, 0.717) is 13.1 Å². The largest absolute Gasteiger partial charge is 0.380 e. The van der Waals surface area contributed by atoms with Gasteiger partial charge in [-0.3, -0.25) is 14.4 Å². The third-order valence-electron chi connectivity index (χ3n) is 4.64. The molecule has 1 aliphatic heterocycles. The molecule has 0 atom stereocenters. The number of aromatic nitrogens is 1. The molecule has 0 radical (unpaired) electrons. The number of sulfonamides is 1. The van der Waals surface area contributed by atoms with Gasteiger partial charge in [0.25, 0.3) is 5.91 Å². The van der Waals surface area contributed by atoms with Crippen LogP contribution in [0.5, 0.6) is 0 Å². The number of hydrogen-bond acceptors (Lipinski definition) is 9. The summed E-state index contributed by atoms with van der Waals surface area (Å²) in [5.41, 5.74) is 0.170. The number of fused-ring (bicyclic) bond motifs is 1. The van der Waals surface area contributed by atoms with E-state index in [1.165, 1.54) is 15.3 Å². The van der Waals surface area contributed by atoms with Gasteiger partial charge in [0.05, 0.1) is 12.0 Å². The molecular weight excluding hydrogens is 418 g/mol. The van der Waals surface area contributed by atoms with Crippen molar-refractivity contribution in [2.45, 2.75) is 0 Å². The Hall–Kier alpha value is -2.15. The van der Waals surface area contributed by atoms with Crippen molar-refractivity contribution in [3.63, 3.8) is 0 Å². The summed E-state index contributed by atoms with van der Waals surface area (Å²) in [6, 6.07) is 0. The van der Waals surface area contributed by atoms with Gasteiger partial charge in [0, 0.05) is 45.3 Å². The molecule has 3 rings (SSSR count). The van der Waals surface area contributed by atoms with E-state index in [-0.39, 0.29) is 53.2 Å². The normalized spacial score (nSPS) is 18.1.